The smallest absolute Gasteiger partial charge is 0.243 e. The Kier molecular flexibility index (Phi) is 14.3. The van der Waals surface area contributed by atoms with Gasteiger partial charge in [-0.1, -0.05) is 96.8 Å². The van der Waals surface area contributed by atoms with E-state index in [0.29, 0.717) is 13.1 Å². The molecule has 0 atom stereocenters. The molecule has 6 nitrogen and oxygen atoms in total. The van der Waals surface area contributed by atoms with Gasteiger partial charge in [0.15, 0.2) is 0 Å². The number of allylic oxidation sites excluding steroid dienone is 2. The van der Waals surface area contributed by atoms with Crippen LogP contribution >= 0.6 is 0 Å². The number of phenolic OH excluding ortho intramolecular Hbond substituents is 2. The molecule has 0 aliphatic heterocycles. The summed E-state index contributed by atoms with van der Waals surface area (Å²) >= 11 is 0. The largest absolute Gasteiger partial charge is 0.508 e. The van der Waals surface area contributed by atoms with Crippen LogP contribution in [0.15, 0.2) is 120 Å². The Morgan fingerprint density at radius 2 is 0.782 bits per heavy atom. The number of rotatable bonds is 14. The first-order valence-corrected chi connectivity index (χ1v) is 20.1. The Labute approximate surface area is 326 Å². The Hall–Kier alpha value is -5.62. The highest BCUT2D eigenvalue weighted by Crippen LogP contribution is 2.37. The molecule has 55 heavy (non-hydrogen) atoms. The highest BCUT2D eigenvalue weighted by molar-refractivity contribution is 5.92. The van der Waals surface area contributed by atoms with Gasteiger partial charge < -0.3 is 20.8 Å². The van der Waals surface area contributed by atoms with Crippen molar-refractivity contribution in [1.82, 2.24) is 10.6 Å². The number of amides is 2. The van der Waals surface area contributed by atoms with Crippen LogP contribution in [0, 0.1) is 0 Å². The van der Waals surface area contributed by atoms with Gasteiger partial charge >= 0.3 is 0 Å². The minimum absolute atomic E-state index is 0.119. The van der Waals surface area contributed by atoms with E-state index in [2.05, 4.69) is 59.2 Å². The number of benzene rings is 4. The molecule has 6 rings (SSSR count). The molecule has 6 heteroatoms. The number of aromatic hydroxyl groups is 2. The maximum Gasteiger partial charge on any atom is 0.243 e. The van der Waals surface area contributed by atoms with Crippen LogP contribution < -0.4 is 10.6 Å². The Balaban J connectivity index is 0.898. The normalized spacial score (nSPS) is 14.6. The van der Waals surface area contributed by atoms with E-state index in [-0.39, 0.29) is 23.3 Å². The summed E-state index contributed by atoms with van der Waals surface area (Å²) in [7, 11) is 0. The maximum absolute atomic E-state index is 12.5. The molecule has 4 aromatic carbocycles. The summed E-state index contributed by atoms with van der Waals surface area (Å²) in [5, 5.41) is 25.6. The summed E-state index contributed by atoms with van der Waals surface area (Å²) in [6, 6.07) is 31.7. The molecular weight excluding hydrogens is 681 g/mol. The van der Waals surface area contributed by atoms with Gasteiger partial charge in [-0.25, -0.2) is 0 Å². The molecule has 2 aliphatic rings. The molecule has 0 spiro atoms. The summed E-state index contributed by atoms with van der Waals surface area (Å²) in [6.45, 7) is 1.17. The fourth-order valence-electron chi connectivity index (χ4n) is 7.70. The molecule has 0 unspecified atom stereocenters. The van der Waals surface area contributed by atoms with Crippen molar-refractivity contribution in [3.8, 4) is 11.5 Å². The fourth-order valence-corrected chi connectivity index (χ4v) is 7.70. The van der Waals surface area contributed by atoms with E-state index in [1.54, 1.807) is 36.4 Å². The monoisotopic (exact) mass is 734 g/mol. The zero-order valence-electron chi connectivity index (χ0n) is 31.9. The lowest BCUT2D eigenvalue weighted by Crippen LogP contribution is -2.23. The standard InChI is InChI=1S/C49H54N2O4/c52-44-28-24-42(25-29-44)48(38-10-4-1-5-11-38)40-20-14-36(15-21-40)18-32-46(54)50-34-8-3-9-35-51-47(55)33-19-37-16-22-41(23-17-37)49(39-12-6-2-7-13-39)43-26-30-45(53)31-27-43/h14-33,52-53H,1-13,34-35H2,(H,50,54)(H,51,55)/b32-18+,33-19+. The van der Waals surface area contributed by atoms with Gasteiger partial charge in [0, 0.05) is 25.2 Å². The predicted octanol–water partition coefficient (Wildman–Crippen LogP) is 10.8. The molecular formula is C49H54N2O4. The molecule has 2 amide bonds. The molecule has 2 aliphatic carbocycles. The lowest BCUT2D eigenvalue weighted by molar-refractivity contribution is -0.117. The topological polar surface area (TPSA) is 98.7 Å². The lowest BCUT2D eigenvalue weighted by atomic mass is 9.85. The van der Waals surface area contributed by atoms with Gasteiger partial charge in [0.05, 0.1) is 0 Å². The van der Waals surface area contributed by atoms with E-state index in [1.807, 2.05) is 36.4 Å². The first kappa shape index (κ1) is 39.1. The first-order chi connectivity index (χ1) is 26.9. The number of nitrogens with one attached hydrogen (secondary N) is 2. The SMILES string of the molecule is O=C(/C=C/c1ccc(C(=C2CCCCC2)c2ccc(O)cc2)cc1)NCCCCCNC(=O)/C=C/c1ccc(C(=C2CCCCC2)c2ccc(O)cc2)cc1. The highest BCUT2D eigenvalue weighted by atomic mass is 16.3. The Morgan fingerprint density at radius 3 is 1.13 bits per heavy atom. The molecule has 0 saturated heterocycles. The van der Waals surface area contributed by atoms with Gasteiger partial charge in [0.25, 0.3) is 0 Å². The molecule has 0 aromatic heterocycles. The summed E-state index contributed by atoms with van der Waals surface area (Å²) in [6.07, 6.45) is 21.2. The molecule has 0 heterocycles. The van der Waals surface area contributed by atoms with Gasteiger partial charge in [0.1, 0.15) is 11.5 Å². The van der Waals surface area contributed by atoms with Crippen molar-refractivity contribution in [1.29, 1.82) is 0 Å². The molecule has 4 aromatic rings. The maximum atomic E-state index is 12.5. The van der Waals surface area contributed by atoms with Gasteiger partial charge in [-0.05, 0) is 152 Å². The van der Waals surface area contributed by atoms with Crippen LogP contribution in [0.25, 0.3) is 23.3 Å². The van der Waals surface area contributed by atoms with Crippen molar-refractivity contribution in [2.75, 3.05) is 13.1 Å². The highest BCUT2D eigenvalue weighted by Gasteiger charge is 2.16. The van der Waals surface area contributed by atoms with Crippen molar-refractivity contribution >= 4 is 35.1 Å². The summed E-state index contributed by atoms with van der Waals surface area (Å²) < 4.78 is 0. The summed E-state index contributed by atoms with van der Waals surface area (Å²) in [5.74, 6) is 0.304. The Morgan fingerprint density at radius 1 is 0.455 bits per heavy atom. The van der Waals surface area contributed by atoms with Crippen LogP contribution in [0.3, 0.4) is 0 Å². The van der Waals surface area contributed by atoms with E-state index >= 15 is 0 Å². The molecule has 4 N–H and O–H groups in total. The summed E-state index contributed by atoms with van der Waals surface area (Å²) in [4.78, 5) is 25.0. The zero-order chi connectivity index (χ0) is 38.2. The van der Waals surface area contributed by atoms with Crippen molar-refractivity contribution in [2.24, 2.45) is 0 Å². The van der Waals surface area contributed by atoms with Gasteiger partial charge in [-0.15, -0.1) is 0 Å². The van der Waals surface area contributed by atoms with Crippen LogP contribution in [0.2, 0.25) is 0 Å². The second kappa shape index (κ2) is 20.2. The second-order valence-electron chi connectivity index (χ2n) is 14.7. The molecule has 284 valence electrons. The third kappa shape index (κ3) is 11.7. The van der Waals surface area contributed by atoms with Crippen LogP contribution in [-0.2, 0) is 9.59 Å². The fraction of sp³-hybridized carbons (Fsp3) is 0.306. The molecule has 2 saturated carbocycles. The van der Waals surface area contributed by atoms with E-state index in [4.69, 9.17) is 0 Å². The van der Waals surface area contributed by atoms with Gasteiger partial charge in [0.2, 0.25) is 11.8 Å². The first-order valence-electron chi connectivity index (χ1n) is 20.1. The van der Waals surface area contributed by atoms with Crippen molar-refractivity contribution < 1.29 is 19.8 Å². The van der Waals surface area contributed by atoms with Gasteiger partial charge in [-0.3, -0.25) is 9.59 Å². The minimum Gasteiger partial charge on any atom is -0.508 e. The van der Waals surface area contributed by atoms with Crippen LogP contribution in [-0.4, -0.2) is 35.1 Å². The third-order valence-electron chi connectivity index (χ3n) is 10.6. The third-order valence-corrected chi connectivity index (χ3v) is 10.6. The average molecular weight is 735 g/mol. The van der Waals surface area contributed by atoms with Crippen molar-refractivity contribution in [2.45, 2.75) is 83.5 Å². The number of carbonyl (C=O) groups is 2. The van der Waals surface area contributed by atoms with Crippen LogP contribution in [0.5, 0.6) is 11.5 Å². The lowest BCUT2D eigenvalue weighted by Gasteiger charge is -2.20. The number of unbranched alkanes of at least 4 members (excludes halogenated alkanes) is 2. The second-order valence-corrected chi connectivity index (χ2v) is 14.7. The van der Waals surface area contributed by atoms with E-state index < -0.39 is 0 Å². The van der Waals surface area contributed by atoms with Crippen LogP contribution in [0.1, 0.15) is 117 Å². The van der Waals surface area contributed by atoms with Gasteiger partial charge in [-0.2, -0.15) is 0 Å². The number of hydrogen-bond donors (Lipinski definition) is 4. The Bertz CT molecular complexity index is 1840. The van der Waals surface area contributed by atoms with E-state index in [9.17, 15) is 19.8 Å². The quantitative estimate of drug-likeness (QED) is 0.0766. The zero-order valence-corrected chi connectivity index (χ0v) is 31.9. The molecule has 2 fully saturated rings. The average Bonchev–Trinajstić information content (AvgIpc) is 3.22. The number of phenols is 2. The van der Waals surface area contributed by atoms with Crippen molar-refractivity contribution in [3.05, 3.63) is 154 Å². The number of hydrogen-bond acceptors (Lipinski definition) is 4. The van der Waals surface area contributed by atoms with E-state index in [0.717, 1.165) is 78.3 Å². The summed E-state index contributed by atoms with van der Waals surface area (Å²) in [5.41, 5.74) is 12.0. The predicted molar refractivity (Wildman–Crippen MR) is 225 cm³/mol. The minimum atomic E-state index is -0.119. The van der Waals surface area contributed by atoms with Crippen molar-refractivity contribution in [3.63, 3.8) is 0 Å². The molecule has 0 bridgehead atoms. The number of carbonyl (C=O) groups excluding carboxylic acids is 2. The van der Waals surface area contributed by atoms with E-state index in [1.165, 1.54) is 60.8 Å². The van der Waals surface area contributed by atoms with Crippen LogP contribution in [0.4, 0.5) is 0 Å². The molecule has 0 radical (unpaired) electrons.